The maximum Gasteiger partial charge on any atom is 0.206 e. The van der Waals surface area contributed by atoms with Gasteiger partial charge < -0.3 is 9.47 Å². The Balaban J connectivity index is 1.77. The van der Waals surface area contributed by atoms with Crippen LogP contribution in [0.5, 0.6) is 11.5 Å². The number of hydrogen-bond acceptors (Lipinski definition) is 5. The van der Waals surface area contributed by atoms with Gasteiger partial charge in [-0.2, -0.15) is 5.10 Å². The van der Waals surface area contributed by atoms with Crippen molar-refractivity contribution in [1.82, 2.24) is 4.68 Å². The smallest absolute Gasteiger partial charge is 0.206 e. The van der Waals surface area contributed by atoms with E-state index < -0.39 is 11.6 Å². The first-order chi connectivity index (χ1) is 13.7. The standard InChI is InChI=1S/C20H17F2N3O2S/c1-2-23-20-25(24-11-14-3-5-15(21)10-16(14)22)17(12-28-20)13-4-6-18-19(9-13)27-8-7-26-18/h3-6,9-12H,2,7-8H2,1H3/b23-20?,24-11-. The lowest BCUT2D eigenvalue weighted by Crippen LogP contribution is -2.15. The minimum atomic E-state index is -0.672. The number of nitrogens with zero attached hydrogens (tertiary/aromatic N) is 3. The molecule has 28 heavy (non-hydrogen) atoms. The van der Waals surface area contributed by atoms with E-state index in [-0.39, 0.29) is 5.56 Å². The number of thiazole rings is 1. The van der Waals surface area contributed by atoms with E-state index in [4.69, 9.17) is 9.47 Å². The van der Waals surface area contributed by atoms with Crippen molar-refractivity contribution in [3.63, 3.8) is 0 Å². The van der Waals surface area contributed by atoms with Crippen molar-refractivity contribution in [3.8, 4) is 22.8 Å². The molecule has 0 radical (unpaired) electrons. The number of rotatable bonds is 4. The van der Waals surface area contributed by atoms with Crippen molar-refractivity contribution >= 4 is 17.6 Å². The Labute approximate surface area is 164 Å². The SMILES string of the molecule is CCN=c1scc(-c2ccc3c(c2)OCCO3)n1/N=C\c1ccc(F)cc1F. The zero-order valence-corrected chi connectivity index (χ0v) is 15.9. The Morgan fingerprint density at radius 2 is 1.93 bits per heavy atom. The van der Waals surface area contributed by atoms with Crippen molar-refractivity contribution < 1.29 is 18.3 Å². The summed E-state index contributed by atoms with van der Waals surface area (Å²) in [5.41, 5.74) is 1.85. The van der Waals surface area contributed by atoms with E-state index in [0.717, 1.165) is 17.3 Å². The molecule has 0 bridgehead atoms. The van der Waals surface area contributed by atoms with E-state index in [1.165, 1.54) is 29.7 Å². The third-order valence-corrected chi connectivity index (χ3v) is 4.95. The zero-order chi connectivity index (χ0) is 19.5. The molecule has 5 nitrogen and oxygen atoms in total. The molecule has 0 unspecified atom stereocenters. The van der Waals surface area contributed by atoms with Crippen LogP contribution in [0.2, 0.25) is 0 Å². The summed E-state index contributed by atoms with van der Waals surface area (Å²) in [6.07, 6.45) is 1.36. The Kier molecular flexibility index (Phi) is 5.21. The van der Waals surface area contributed by atoms with Gasteiger partial charge in [0.2, 0.25) is 4.80 Å². The maximum absolute atomic E-state index is 13.9. The summed E-state index contributed by atoms with van der Waals surface area (Å²) in [6.45, 7) is 3.54. The normalized spacial score (nSPS) is 14.0. The fourth-order valence-electron chi connectivity index (χ4n) is 2.78. The first-order valence-electron chi connectivity index (χ1n) is 8.76. The lowest BCUT2D eigenvalue weighted by Gasteiger charge is -2.18. The van der Waals surface area contributed by atoms with Crippen LogP contribution in [0.25, 0.3) is 11.3 Å². The largest absolute Gasteiger partial charge is 0.486 e. The molecule has 1 aliphatic rings. The highest BCUT2D eigenvalue weighted by Crippen LogP contribution is 2.34. The summed E-state index contributed by atoms with van der Waals surface area (Å²) in [7, 11) is 0. The first kappa shape index (κ1) is 18.4. The molecular formula is C20H17F2N3O2S. The van der Waals surface area contributed by atoms with Gasteiger partial charge in [0.05, 0.1) is 11.9 Å². The second-order valence-corrected chi connectivity index (χ2v) is 6.80. The topological polar surface area (TPSA) is 48.1 Å². The number of aromatic nitrogens is 1. The lowest BCUT2D eigenvalue weighted by molar-refractivity contribution is 0.171. The Morgan fingerprint density at radius 1 is 1.11 bits per heavy atom. The molecule has 0 spiro atoms. The number of fused-ring (bicyclic) bond motifs is 1. The molecule has 4 rings (SSSR count). The van der Waals surface area contributed by atoms with Crippen molar-refractivity contribution in [2.24, 2.45) is 10.1 Å². The van der Waals surface area contributed by atoms with Gasteiger partial charge in [0.25, 0.3) is 0 Å². The molecule has 0 aliphatic carbocycles. The highest BCUT2D eigenvalue weighted by molar-refractivity contribution is 7.07. The Hall–Kier alpha value is -3.00. The van der Waals surface area contributed by atoms with E-state index in [0.29, 0.717) is 36.1 Å². The molecular weight excluding hydrogens is 384 g/mol. The monoisotopic (exact) mass is 401 g/mol. The van der Waals surface area contributed by atoms with Gasteiger partial charge in [-0.3, -0.25) is 4.99 Å². The predicted octanol–water partition coefficient (Wildman–Crippen LogP) is 4.07. The summed E-state index contributed by atoms with van der Waals surface area (Å²) in [4.78, 5) is 5.12. The third kappa shape index (κ3) is 3.68. The van der Waals surface area contributed by atoms with Crippen LogP contribution in [0.3, 0.4) is 0 Å². The molecule has 1 aliphatic heterocycles. The van der Waals surface area contributed by atoms with Gasteiger partial charge in [0.1, 0.15) is 24.8 Å². The minimum absolute atomic E-state index is 0.190. The van der Waals surface area contributed by atoms with Crippen LogP contribution >= 0.6 is 11.3 Å². The van der Waals surface area contributed by atoms with Gasteiger partial charge in [0.15, 0.2) is 11.5 Å². The second-order valence-electron chi connectivity index (χ2n) is 5.96. The Bertz CT molecular complexity index is 1110. The van der Waals surface area contributed by atoms with E-state index >= 15 is 0 Å². The van der Waals surface area contributed by atoms with Crippen LogP contribution < -0.4 is 14.3 Å². The van der Waals surface area contributed by atoms with E-state index in [1.54, 1.807) is 4.68 Å². The molecule has 2 heterocycles. The highest BCUT2D eigenvalue weighted by atomic mass is 32.1. The molecule has 144 valence electrons. The van der Waals surface area contributed by atoms with Crippen molar-refractivity contribution in [3.05, 3.63) is 63.8 Å². The number of hydrogen-bond donors (Lipinski definition) is 0. The van der Waals surface area contributed by atoms with Crippen molar-refractivity contribution in [2.45, 2.75) is 6.92 Å². The fraction of sp³-hybridized carbons (Fsp3) is 0.200. The van der Waals surface area contributed by atoms with E-state index in [1.807, 2.05) is 30.5 Å². The first-order valence-corrected chi connectivity index (χ1v) is 9.64. The summed E-state index contributed by atoms with van der Waals surface area (Å²) in [5, 5.41) is 6.34. The summed E-state index contributed by atoms with van der Waals surface area (Å²) >= 11 is 1.43. The van der Waals surface area contributed by atoms with Gasteiger partial charge >= 0.3 is 0 Å². The summed E-state index contributed by atoms with van der Waals surface area (Å²) in [6, 6.07) is 9.03. The van der Waals surface area contributed by atoms with Gasteiger partial charge in [0, 0.05) is 29.1 Å². The predicted molar refractivity (Wildman–Crippen MR) is 104 cm³/mol. The van der Waals surface area contributed by atoms with Gasteiger partial charge in [-0.05, 0) is 37.3 Å². The average Bonchev–Trinajstić information content (AvgIpc) is 3.10. The highest BCUT2D eigenvalue weighted by Gasteiger charge is 2.15. The number of halogens is 2. The van der Waals surface area contributed by atoms with Crippen LogP contribution in [-0.4, -0.2) is 30.6 Å². The molecule has 1 aromatic heterocycles. The molecule has 2 aromatic carbocycles. The van der Waals surface area contributed by atoms with E-state index in [9.17, 15) is 8.78 Å². The average molecular weight is 401 g/mol. The van der Waals surface area contributed by atoms with Crippen LogP contribution in [-0.2, 0) is 0 Å². The van der Waals surface area contributed by atoms with Gasteiger partial charge in [-0.25, -0.2) is 13.5 Å². The minimum Gasteiger partial charge on any atom is -0.486 e. The third-order valence-electron chi connectivity index (χ3n) is 4.09. The summed E-state index contributed by atoms with van der Waals surface area (Å²) in [5.74, 6) is 0.0714. The molecule has 8 heteroatoms. The molecule has 0 amide bonds. The van der Waals surface area contributed by atoms with Gasteiger partial charge in [-0.15, -0.1) is 11.3 Å². The lowest BCUT2D eigenvalue weighted by atomic mass is 10.1. The molecule has 0 saturated carbocycles. The van der Waals surface area contributed by atoms with Gasteiger partial charge in [-0.1, -0.05) is 0 Å². The van der Waals surface area contributed by atoms with Crippen LogP contribution in [0.1, 0.15) is 12.5 Å². The van der Waals surface area contributed by atoms with E-state index in [2.05, 4.69) is 10.1 Å². The van der Waals surface area contributed by atoms with Crippen molar-refractivity contribution in [2.75, 3.05) is 19.8 Å². The Morgan fingerprint density at radius 3 is 2.71 bits per heavy atom. The zero-order valence-electron chi connectivity index (χ0n) is 15.1. The van der Waals surface area contributed by atoms with Crippen LogP contribution in [0.15, 0.2) is 51.9 Å². The second kappa shape index (κ2) is 7.93. The molecule has 0 N–H and O–H groups in total. The maximum atomic E-state index is 13.9. The quantitative estimate of drug-likeness (QED) is 0.619. The molecule has 0 fully saturated rings. The van der Waals surface area contributed by atoms with Crippen LogP contribution in [0, 0.1) is 11.6 Å². The van der Waals surface area contributed by atoms with Crippen molar-refractivity contribution in [1.29, 1.82) is 0 Å². The molecule has 0 saturated heterocycles. The summed E-state index contributed by atoms with van der Waals surface area (Å²) < 4.78 is 39.9. The number of benzene rings is 2. The molecule has 0 atom stereocenters. The number of ether oxygens (including phenoxy) is 2. The fourth-order valence-corrected chi connectivity index (χ4v) is 3.68. The molecule has 3 aromatic rings. The van der Waals surface area contributed by atoms with Crippen LogP contribution in [0.4, 0.5) is 8.78 Å².